The highest BCUT2D eigenvalue weighted by molar-refractivity contribution is 5.77. The fraction of sp³-hybridized carbons (Fsp3) is 0.114. The van der Waals surface area contributed by atoms with Gasteiger partial charge in [0.15, 0.2) is 0 Å². The Balaban J connectivity index is 0.000000211. The van der Waals surface area contributed by atoms with Crippen molar-refractivity contribution < 1.29 is 4.79 Å². The first-order valence-corrected chi connectivity index (χ1v) is 12.6. The van der Waals surface area contributed by atoms with Gasteiger partial charge in [0.25, 0.3) is 0 Å². The number of hydrogen-bond donors (Lipinski definition) is 0. The van der Waals surface area contributed by atoms with E-state index in [9.17, 15) is 4.79 Å². The molecule has 0 amide bonds. The van der Waals surface area contributed by atoms with Gasteiger partial charge in [-0.2, -0.15) is 0 Å². The maximum atomic E-state index is 10.6. The number of rotatable bonds is 8. The zero-order valence-corrected chi connectivity index (χ0v) is 22.7. The Hall–Kier alpha value is -4.63. The molecule has 0 aromatic heterocycles. The molecule has 0 unspecified atom stereocenters. The van der Waals surface area contributed by atoms with Gasteiger partial charge < -0.3 is 9.80 Å². The van der Waals surface area contributed by atoms with Crippen LogP contribution in [0.1, 0.15) is 38.2 Å². The lowest BCUT2D eigenvalue weighted by atomic mass is 10.1. The van der Waals surface area contributed by atoms with Crippen LogP contribution in [0.3, 0.4) is 0 Å². The van der Waals surface area contributed by atoms with Gasteiger partial charge in [-0.1, -0.05) is 110 Å². The number of carbonyl (C=O) groups is 1. The van der Waals surface area contributed by atoms with E-state index in [-0.39, 0.29) is 0 Å². The molecule has 4 aromatic carbocycles. The van der Waals surface area contributed by atoms with Gasteiger partial charge in [0.2, 0.25) is 0 Å². The van der Waals surface area contributed by atoms with Crippen molar-refractivity contribution >= 4 is 48.0 Å². The number of anilines is 2. The monoisotopic (exact) mass is 500 g/mol. The van der Waals surface area contributed by atoms with Gasteiger partial charge in [-0.3, -0.25) is 4.79 Å². The molecule has 0 aliphatic heterocycles. The number of benzene rings is 4. The van der Waals surface area contributed by atoms with E-state index in [1.165, 1.54) is 22.5 Å². The first-order valence-electron chi connectivity index (χ1n) is 12.6. The van der Waals surface area contributed by atoms with Crippen LogP contribution in [0.2, 0.25) is 0 Å². The van der Waals surface area contributed by atoms with E-state index in [1.54, 1.807) is 0 Å². The average Bonchev–Trinajstić information content (AvgIpc) is 2.96. The number of hydrogen-bond acceptors (Lipinski definition) is 3. The third-order valence-electron chi connectivity index (χ3n) is 6.00. The van der Waals surface area contributed by atoms with Gasteiger partial charge in [0.1, 0.15) is 6.29 Å². The summed E-state index contributed by atoms with van der Waals surface area (Å²) in [4.78, 5) is 14.7. The van der Waals surface area contributed by atoms with Crippen molar-refractivity contribution in [3.63, 3.8) is 0 Å². The van der Waals surface area contributed by atoms with Crippen LogP contribution in [0.25, 0.3) is 30.4 Å². The second-order valence-electron chi connectivity index (χ2n) is 9.29. The summed E-state index contributed by atoms with van der Waals surface area (Å²) in [5, 5.41) is 0. The average molecular weight is 501 g/mol. The summed E-state index contributed by atoms with van der Waals surface area (Å²) in [6, 6.07) is 32.7. The first kappa shape index (κ1) is 27.9. The van der Waals surface area contributed by atoms with Crippen LogP contribution in [0.15, 0.2) is 104 Å². The molecule has 0 N–H and O–H groups in total. The molecular formula is C35H36N2O. The summed E-state index contributed by atoms with van der Waals surface area (Å²) in [5.74, 6) is 0. The highest BCUT2D eigenvalue weighted by atomic mass is 16.1. The minimum absolute atomic E-state index is 0.701. The van der Waals surface area contributed by atoms with Crippen LogP contribution in [0, 0.1) is 0 Å². The first-order chi connectivity index (χ1) is 18.4. The SMILES string of the molecule is C=Cc1ccc(/C=C/c2ccc(N(C)C)cc2)cc1.CN(C)c1ccc(/C=C/c2ccc(C=O)cc2)cc1. The molecule has 0 aliphatic rings. The molecule has 4 rings (SSSR count). The van der Waals surface area contributed by atoms with Crippen LogP contribution >= 0.6 is 0 Å². The zero-order valence-electron chi connectivity index (χ0n) is 22.7. The molecule has 0 saturated heterocycles. The highest BCUT2D eigenvalue weighted by Crippen LogP contribution is 2.16. The Morgan fingerprint density at radius 1 is 0.447 bits per heavy atom. The Kier molecular flexibility index (Phi) is 10.4. The summed E-state index contributed by atoms with van der Waals surface area (Å²) in [5.41, 5.74) is 8.90. The van der Waals surface area contributed by atoms with Crippen LogP contribution in [-0.4, -0.2) is 34.5 Å². The standard InChI is InChI=1S/C18H19N.C17H17NO/c1-4-15-5-7-16(8-6-15)9-10-17-11-13-18(14-12-17)19(2)3;1-18(2)17-11-9-15(10-12-17)4-3-14-5-7-16(13-19)8-6-14/h4-14H,1H2,2-3H3;3-13H,1-2H3/b10-9+;4-3+. The predicted molar refractivity (Wildman–Crippen MR) is 168 cm³/mol. The lowest BCUT2D eigenvalue weighted by Gasteiger charge is -2.11. The molecular weight excluding hydrogens is 464 g/mol. The van der Waals surface area contributed by atoms with E-state index in [0.717, 1.165) is 23.0 Å². The fourth-order valence-electron chi connectivity index (χ4n) is 3.58. The molecule has 192 valence electrons. The highest BCUT2D eigenvalue weighted by Gasteiger charge is 1.95. The van der Waals surface area contributed by atoms with E-state index < -0.39 is 0 Å². The molecule has 0 bridgehead atoms. The predicted octanol–water partition coefficient (Wildman–Crippen LogP) is 8.30. The van der Waals surface area contributed by atoms with Crippen LogP contribution in [0.5, 0.6) is 0 Å². The van der Waals surface area contributed by atoms with E-state index in [4.69, 9.17) is 0 Å². The van der Waals surface area contributed by atoms with Gasteiger partial charge in [-0.05, 0) is 52.1 Å². The van der Waals surface area contributed by atoms with E-state index in [1.807, 2.05) is 64.6 Å². The molecule has 3 heteroatoms. The maximum Gasteiger partial charge on any atom is 0.150 e. The number of aldehydes is 1. The Labute approximate surface area is 227 Å². The molecule has 38 heavy (non-hydrogen) atoms. The largest absolute Gasteiger partial charge is 0.378 e. The fourth-order valence-corrected chi connectivity index (χ4v) is 3.58. The van der Waals surface area contributed by atoms with Gasteiger partial charge in [0.05, 0.1) is 0 Å². The topological polar surface area (TPSA) is 23.6 Å². The Bertz CT molecular complexity index is 1230. The molecule has 0 fully saturated rings. The molecule has 3 nitrogen and oxygen atoms in total. The summed E-state index contributed by atoms with van der Waals surface area (Å²) in [6.45, 7) is 3.75. The Morgan fingerprint density at radius 2 is 0.711 bits per heavy atom. The van der Waals surface area contributed by atoms with Gasteiger partial charge in [-0.25, -0.2) is 0 Å². The van der Waals surface area contributed by atoms with Crippen molar-refractivity contribution in [3.05, 3.63) is 137 Å². The van der Waals surface area contributed by atoms with Crippen LogP contribution in [0.4, 0.5) is 11.4 Å². The summed E-state index contributed by atoms with van der Waals surface area (Å²) in [7, 11) is 8.15. The zero-order chi connectivity index (χ0) is 27.3. The summed E-state index contributed by atoms with van der Waals surface area (Å²) >= 11 is 0. The van der Waals surface area contributed by atoms with Crippen molar-refractivity contribution in [3.8, 4) is 0 Å². The van der Waals surface area contributed by atoms with Gasteiger partial charge >= 0.3 is 0 Å². The third kappa shape index (κ3) is 8.79. The minimum Gasteiger partial charge on any atom is -0.378 e. The second kappa shape index (κ2) is 14.2. The molecule has 0 atom stereocenters. The summed E-state index contributed by atoms with van der Waals surface area (Å²) in [6.07, 6.45) is 11.1. The lowest BCUT2D eigenvalue weighted by molar-refractivity contribution is 0.112. The maximum absolute atomic E-state index is 10.6. The second-order valence-corrected chi connectivity index (χ2v) is 9.29. The molecule has 0 spiro atoms. The van der Waals surface area contributed by atoms with Crippen molar-refractivity contribution in [2.75, 3.05) is 38.0 Å². The van der Waals surface area contributed by atoms with Gasteiger partial charge in [0, 0.05) is 45.1 Å². The smallest absolute Gasteiger partial charge is 0.150 e. The van der Waals surface area contributed by atoms with Crippen molar-refractivity contribution in [1.82, 2.24) is 0 Å². The van der Waals surface area contributed by atoms with Crippen molar-refractivity contribution in [2.24, 2.45) is 0 Å². The van der Waals surface area contributed by atoms with E-state index >= 15 is 0 Å². The molecule has 0 heterocycles. The normalized spacial score (nSPS) is 10.6. The minimum atomic E-state index is 0.701. The summed E-state index contributed by atoms with van der Waals surface area (Å²) < 4.78 is 0. The molecule has 0 radical (unpaired) electrons. The van der Waals surface area contributed by atoms with Gasteiger partial charge in [-0.15, -0.1) is 0 Å². The molecule has 0 saturated carbocycles. The van der Waals surface area contributed by atoms with E-state index in [2.05, 4.69) is 107 Å². The van der Waals surface area contributed by atoms with Crippen molar-refractivity contribution in [2.45, 2.75) is 0 Å². The van der Waals surface area contributed by atoms with Crippen molar-refractivity contribution in [1.29, 1.82) is 0 Å². The van der Waals surface area contributed by atoms with Crippen LogP contribution in [-0.2, 0) is 0 Å². The molecule has 0 aliphatic carbocycles. The molecule has 4 aromatic rings. The number of nitrogens with zero attached hydrogens (tertiary/aromatic N) is 2. The third-order valence-corrected chi connectivity index (χ3v) is 6.00. The lowest BCUT2D eigenvalue weighted by Crippen LogP contribution is -2.07. The number of carbonyl (C=O) groups excluding carboxylic acids is 1. The Morgan fingerprint density at radius 3 is 0.974 bits per heavy atom. The quantitative estimate of drug-likeness (QED) is 0.180. The van der Waals surface area contributed by atoms with Crippen LogP contribution < -0.4 is 9.80 Å². The van der Waals surface area contributed by atoms with E-state index in [0.29, 0.717) is 5.56 Å².